The number of carbonyl (C=O) groups excluding carboxylic acids is 1. The van der Waals surface area contributed by atoms with E-state index in [4.69, 9.17) is 0 Å². The minimum atomic E-state index is -0.470. The van der Waals surface area contributed by atoms with Crippen LogP contribution in [0, 0.1) is 10.1 Å². The van der Waals surface area contributed by atoms with Crippen molar-refractivity contribution in [1.29, 1.82) is 0 Å². The monoisotopic (exact) mass is 474 g/mol. The van der Waals surface area contributed by atoms with Gasteiger partial charge in [0, 0.05) is 22.2 Å². The summed E-state index contributed by atoms with van der Waals surface area (Å²) in [5.74, 6) is 0.0256. The first-order chi connectivity index (χ1) is 15.0. The Morgan fingerprint density at radius 3 is 2.23 bits per heavy atom. The number of carbonyl (C=O) groups is 1. The van der Waals surface area contributed by atoms with E-state index in [9.17, 15) is 14.9 Å². The quantitative estimate of drug-likeness (QED) is 0.225. The van der Waals surface area contributed by atoms with Crippen LogP contribution in [0.5, 0.6) is 0 Å². The molecule has 1 amide bonds. The molecule has 1 aliphatic heterocycles. The summed E-state index contributed by atoms with van der Waals surface area (Å²) in [7, 11) is 0. The van der Waals surface area contributed by atoms with Crippen LogP contribution in [-0.2, 0) is 4.79 Å². The number of rotatable bonds is 5. The van der Waals surface area contributed by atoms with Crippen molar-refractivity contribution in [3.05, 3.63) is 116 Å². The second-order valence-corrected chi connectivity index (χ2v) is 7.51. The molecule has 0 aliphatic carbocycles. The summed E-state index contributed by atoms with van der Waals surface area (Å²) in [6.07, 6.45) is 3.18. The molecule has 3 aromatic rings. The van der Waals surface area contributed by atoms with E-state index in [1.165, 1.54) is 17.1 Å². The number of nitro benzene ring substituents is 1. The van der Waals surface area contributed by atoms with Crippen LogP contribution in [-0.4, -0.2) is 27.9 Å². The average Bonchev–Trinajstić information content (AvgIpc) is 3.09. The Bertz CT molecular complexity index is 1220. The van der Waals surface area contributed by atoms with Gasteiger partial charge in [-0.2, -0.15) is 10.1 Å². The molecule has 1 heterocycles. The summed E-state index contributed by atoms with van der Waals surface area (Å²) in [5.41, 5.74) is 2.38. The molecule has 0 radical (unpaired) electrons. The van der Waals surface area contributed by atoms with Gasteiger partial charge >= 0.3 is 0 Å². The van der Waals surface area contributed by atoms with E-state index in [1.54, 1.807) is 24.4 Å². The van der Waals surface area contributed by atoms with Gasteiger partial charge in [-0.15, -0.1) is 0 Å². The SMILES string of the molecule is O=C1C(=Cc2ccc([N+](=O)[O-])cc2)N=C(c2ccccc2)N1N=Cc1ccc(Br)cc1. The van der Waals surface area contributed by atoms with Crippen molar-refractivity contribution in [3.63, 3.8) is 0 Å². The van der Waals surface area contributed by atoms with Crippen molar-refractivity contribution < 1.29 is 9.72 Å². The molecule has 7 nitrogen and oxygen atoms in total. The predicted molar refractivity (Wildman–Crippen MR) is 123 cm³/mol. The van der Waals surface area contributed by atoms with Crippen molar-refractivity contribution in [2.75, 3.05) is 0 Å². The molecule has 0 spiro atoms. The first kappa shape index (κ1) is 20.4. The van der Waals surface area contributed by atoms with Crippen LogP contribution in [0.4, 0.5) is 5.69 Å². The first-order valence-electron chi connectivity index (χ1n) is 9.25. The molecule has 0 aromatic heterocycles. The van der Waals surface area contributed by atoms with Gasteiger partial charge in [0.1, 0.15) is 5.70 Å². The number of aliphatic imine (C=N–C) groups is 1. The van der Waals surface area contributed by atoms with Gasteiger partial charge < -0.3 is 0 Å². The summed E-state index contributed by atoms with van der Waals surface area (Å²) in [6.45, 7) is 0. The molecule has 0 saturated carbocycles. The number of amidine groups is 1. The van der Waals surface area contributed by atoms with Gasteiger partial charge in [0.25, 0.3) is 11.6 Å². The molecule has 4 rings (SSSR count). The molecule has 31 heavy (non-hydrogen) atoms. The number of amides is 1. The van der Waals surface area contributed by atoms with Crippen LogP contribution in [0.2, 0.25) is 0 Å². The molecule has 1 aliphatic rings. The summed E-state index contributed by atoms with van der Waals surface area (Å²) in [5, 5.41) is 16.5. The lowest BCUT2D eigenvalue weighted by atomic mass is 10.2. The van der Waals surface area contributed by atoms with E-state index in [0.29, 0.717) is 11.4 Å². The Morgan fingerprint density at radius 1 is 0.935 bits per heavy atom. The molecule has 0 fully saturated rings. The van der Waals surface area contributed by atoms with Gasteiger partial charge in [-0.25, -0.2) is 4.99 Å². The van der Waals surface area contributed by atoms with Crippen molar-refractivity contribution in [2.45, 2.75) is 0 Å². The lowest BCUT2D eigenvalue weighted by Crippen LogP contribution is -2.27. The lowest BCUT2D eigenvalue weighted by molar-refractivity contribution is -0.384. The number of benzene rings is 3. The van der Waals surface area contributed by atoms with Crippen LogP contribution >= 0.6 is 15.9 Å². The van der Waals surface area contributed by atoms with Crippen molar-refractivity contribution >= 4 is 45.7 Å². The van der Waals surface area contributed by atoms with E-state index in [2.05, 4.69) is 26.0 Å². The fourth-order valence-corrected chi connectivity index (χ4v) is 3.18. The topological polar surface area (TPSA) is 88.2 Å². The lowest BCUT2D eigenvalue weighted by Gasteiger charge is -2.11. The zero-order valence-electron chi connectivity index (χ0n) is 16.1. The highest BCUT2D eigenvalue weighted by Crippen LogP contribution is 2.23. The maximum Gasteiger partial charge on any atom is 0.298 e. The highest BCUT2D eigenvalue weighted by atomic mass is 79.9. The Balaban J connectivity index is 1.69. The van der Waals surface area contributed by atoms with Crippen molar-refractivity contribution in [3.8, 4) is 0 Å². The summed E-state index contributed by atoms with van der Waals surface area (Å²) < 4.78 is 0.946. The normalized spacial score (nSPS) is 15.0. The first-order valence-corrected chi connectivity index (χ1v) is 10.0. The van der Waals surface area contributed by atoms with Crippen LogP contribution in [0.3, 0.4) is 0 Å². The third-order valence-electron chi connectivity index (χ3n) is 4.47. The molecule has 0 N–H and O–H groups in total. The van der Waals surface area contributed by atoms with E-state index in [1.807, 2.05) is 54.6 Å². The summed E-state index contributed by atoms with van der Waals surface area (Å²) >= 11 is 3.39. The van der Waals surface area contributed by atoms with Crippen LogP contribution in [0.1, 0.15) is 16.7 Å². The molecule has 0 unspecified atom stereocenters. The zero-order chi connectivity index (χ0) is 21.8. The van der Waals surface area contributed by atoms with E-state index in [0.717, 1.165) is 15.6 Å². The highest BCUT2D eigenvalue weighted by Gasteiger charge is 2.31. The minimum Gasteiger partial charge on any atom is -0.265 e. The molecule has 8 heteroatoms. The second kappa shape index (κ2) is 8.85. The predicted octanol–water partition coefficient (Wildman–Crippen LogP) is 5.02. The van der Waals surface area contributed by atoms with Gasteiger partial charge in [0.2, 0.25) is 0 Å². The molecule has 3 aromatic carbocycles. The Morgan fingerprint density at radius 2 is 1.58 bits per heavy atom. The molecule has 0 atom stereocenters. The van der Waals surface area contributed by atoms with E-state index >= 15 is 0 Å². The zero-order valence-corrected chi connectivity index (χ0v) is 17.6. The Kier molecular flexibility index (Phi) is 5.81. The number of hydrogen-bond acceptors (Lipinski definition) is 5. The van der Waals surface area contributed by atoms with Crippen LogP contribution < -0.4 is 0 Å². The van der Waals surface area contributed by atoms with Crippen molar-refractivity contribution in [1.82, 2.24) is 5.01 Å². The van der Waals surface area contributed by atoms with Gasteiger partial charge in [0.15, 0.2) is 5.84 Å². The second-order valence-electron chi connectivity index (χ2n) is 6.59. The number of nitrogens with zero attached hydrogens (tertiary/aromatic N) is 4. The van der Waals surface area contributed by atoms with Gasteiger partial charge in [0.05, 0.1) is 11.1 Å². The van der Waals surface area contributed by atoms with Gasteiger partial charge in [-0.3, -0.25) is 14.9 Å². The Hall–Kier alpha value is -3.91. The Labute approximate surface area is 186 Å². The van der Waals surface area contributed by atoms with Crippen LogP contribution in [0.15, 0.2) is 99.1 Å². The molecule has 0 saturated heterocycles. The standard InChI is InChI=1S/C23H15BrN4O3/c24-19-10-6-17(7-11-19)15-25-27-22(18-4-2-1-3-5-18)26-21(23(27)29)14-16-8-12-20(13-9-16)28(30)31/h1-15H. The number of halogens is 1. The van der Waals surface area contributed by atoms with E-state index in [-0.39, 0.29) is 17.3 Å². The van der Waals surface area contributed by atoms with Crippen molar-refractivity contribution in [2.24, 2.45) is 10.1 Å². The maximum absolute atomic E-state index is 13.1. The third-order valence-corrected chi connectivity index (χ3v) is 5.00. The number of non-ortho nitro benzene ring substituents is 1. The highest BCUT2D eigenvalue weighted by molar-refractivity contribution is 9.10. The smallest absolute Gasteiger partial charge is 0.265 e. The van der Waals surface area contributed by atoms with Gasteiger partial charge in [-0.1, -0.05) is 58.4 Å². The fraction of sp³-hybridized carbons (Fsp3) is 0. The average molecular weight is 475 g/mol. The van der Waals surface area contributed by atoms with Gasteiger partial charge in [-0.05, 0) is 41.5 Å². The maximum atomic E-state index is 13.1. The van der Waals surface area contributed by atoms with E-state index < -0.39 is 4.92 Å². The molecular weight excluding hydrogens is 460 g/mol. The number of hydrazone groups is 1. The number of hydrogen-bond donors (Lipinski definition) is 0. The summed E-state index contributed by atoms with van der Waals surface area (Å²) in [4.78, 5) is 27.9. The fourth-order valence-electron chi connectivity index (χ4n) is 2.91. The van der Waals surface area contributed by atoms with Crippen LogP contribution in [0.25, 0.3) is 6.08 Å². The number of nitro groups is 1. The molecule has 152 valence electrons. The minimum absolute atomic E-state index is 0.0194. The molecule has 0 bridgehead atoms. The summed E-state index contributed by atoms with van der Waals surface area (Å²) in [6, 6.07) is 22.7. The third kappa shape index (κ3) is 4.65. The largest absolute Gasteiger partial charge is 0.298 e. The molecular formula is C23H15BrN4O3.